The fourth-order valence-electron chi connectivity index (χ4n) is 3.51. The van der Waals surface area contributed by atoms with Crippen molar-refractivity contribution in [3.05, 3.63) is 86.9 Å². The number of pyridine rings is 1. The maximum atomic E-state index is 13.2. The summed E-state index contributed by atoms with van der Waals surface area (Å²) in [6.07, 6.45) is 3.94. The van der Waals surface area contributed by atoms with Crippen LogP contribution in [0.5, 0.6) is 0 Å². The average Bonchev–Trinajstić information content (AvgIpc) is 3.28. The van der Waals surface area contributed by atoms with E-state index in [-0.39, 0.29) is 5.56 Å². The third kappa shape index (κ3) is 3.62. The number of aromatic amines is 1. The molecule has 154 valence electrons. The van der Waals surface area contributed by atoms with Gasteiger partial charge in [0.25, 0.3) is 5.56 Å². The van der Waals surface area contributed by atoms with Crippen molar-refractivity contribution in [3.8, 4) is 5.69 Å². The third-order valence-corrected chi connectivity index (χ3v) is 5.76. The molecule has 0 bridgehead atoms. The number of halogens is 2. The Labute approximate surface area is 186 Å². The van der Waals surface area contributed by atoms with Gasteiger partial charge in [-0.3, -0.25) is 14.5 Å². The lowest BCUT2D eigenvalue weighted by molar-refractivity contribution is 0.973. The molecule has 0 unspecified atom stereocenters. The molecule has 0 saturated heterocycles. The lowest BCUT2D eigenvalue weighted by Crippen LogP contribution is -2.20. The number of nitrogens with one attached hydrogen (secondary N) is 2. The van der Waals surface area contributed by atoms with Gasteiger partial charge in [0.05, 0.1) is 38.2 Å². The van der Waals surface area contributed by atoms with Gasteiger partial charge in [0, 0.05) is 12.7 Å². The summed E-state index contributed by atoms with van der Waals surface area (Å²) < 4.78 is 1.58. The van der Waals surface area contributed by atoms with Crippen molar-refractivity contribution in [2.45, 2.75) is 6.42 Å². The minimum absolute atomic E-state index is 0.192. The van der Waals surface area contributed by atoms with E-state index >= 15 is 0 Å². The van der Waals surface area contributed by atoms with Crippen LogP contribution < -0.4 is 10.9 Å². The zero-order valence-corrected chi connectivity index (χ0v) is 17.7. The first-order valence-corrected chi connectivity index (χ1v) is 10.4. The Bertz CT molecular complexity index is 1460. The molecule has 0 amide bonds. The van der Waals surface area contributed by atoms with Gasteiger partial charge in [-0.25, -0.2) is 4.98 Å². The molecule has 7 nitrogen and oxygen atoms in total. The third-order valence-electron chi connectivity index (χ3n) is 5.02. The maximum Gasteiger partial charge on any atom is 0.267 e. The molecule has 9 heteroatoms. The van der Waals surface area contributed by atoms with Crippen LogP contribution in [0.15, 0.2) is 65.7 Å². The normalized spacial score (nSPS) is 11.3. The summed E-state index contributed by atoms with van der Waals surface area (Å²) in [6.45, 7) is 0.589. The largest absolute Gasteiger partial charge is 0.354 e. The van der Waals surface area contributed by atoms with E-state index in [4.69, 9.17) is 23.2 Å². The molecule has 0 radical (unpaired) electrons. The number of aromatic nitrogens is 5. The number of anilines is 1. The Kier molecular flexibility index (Phi) is 5.05. The van der Waals surface area contributed by atoms with Crippen molar-refractivity contribution in [3.63, 3.8) is 0 Å². The van der Waals surface area contributed by atoms with Crippen LogP contribution in [0.4, 0.5) is 5.95 Å². The zero-order chi connectivity index (χ0) is 21.4. The smallest absolute Gasteiger partial charge is 0.267 e. The molecule has 2 N–H and O–H groups in total. The predicted octanol–water partition coefficient (Wildman–Crippen LogP) is 4.62. The highest BCUT2D eigenvalue weighted by molar-refractivity contribution is 6.42. The predicted molar refractivity (Wildman–Crippen MR) is 123 cm³/mol. The fourth-order valence-corrected chi connectivity index (χ4v) is 3.83. The van der Waals surface area contributed by atoms with E-state index in [2.05, 4.69) is 25.5 Å². The molecule has 0 atom stereocenters. The van der Waals surface area contributed by atoms with Gasteiger partial charge in [-0.1, -0.05) is 47.5 Å². The van der Waals surface area contributed by atoms with Crippen molar-refractivity contribution >= 4 is 51.1 Å². The van der Waals surface area contributed by atoms with Crippen LogP contribution in [0.3, 0.4) is 0 Å². The molecule has 3 heterocycles. The van der Waals surface area contributed by atoms with Gasteiger partial charge < -0.3 is 5.32 Å². The summed E-state index contributed by atoms with van der Waals surface area (Å²) in [7, 11) is 0. The number of fused-ring (bicyclic) bond motifs is 3. The van der Waals surface area contributed by atoms with Gasteiger partial charge in [0.1, 0.15) is 0 Å². The summed E-state index contributed by atoms with van der Waals surface area (Å²) >= 11 is 12.1. The monoisotopic (exact) mass is 450 g/mol. The number of para-hydroxylation sites is 1. The Hall–Kier alpha value is -3.42. The molecule has 0 saturated carbocycles. The lowest BCUT2D eigenvalue weighted by atomic mass is 10.1. The highest BCUT2D eigenvalue weighted by Crippen LogP contribution is 2.24. The molecule has 0 aliphatic rings. The van der Waals surface area contributed by atoms with E-state index in [0.29, 0.717) is 50.9 Å². The number of hydrogen-bond donors (Lipinski definition) is 2. The highest BCUT2D eigenvalue weighted by Gasteiger charge is 2.16. The molecule has 0 aliphatic carbocycles. The van der Waals surface area contributed by atoms with E-state index in [0.717, 1.165) is 11.3 Å². The van der Waals surface area contributed by atoms with E-state index < -0.39 is 0 Å². The van der Waals surface area contributed by atoms with Crippen LogP contribution in [-0.2, 0) is 6.42 Å². The summed E-state index contributed by atoms with van der Waals surface area (Å²) in [5, 5.41) is 12.4. The first-order chi connectivity index (χ1) is 15.1. The molecule has 0 fully saturated rings. The van der Waals surface area contributed by atoms with E-state index in [9.17, 15) is 4.79 Å². The first-order valence-electron chi connectivity index (χ1n) is 9.60. The van der Waals surface area contributed by atoms with Gasteiger partial charge in [0.2, 0.25) is 5.95 Å². The standard InChI is InChI=1S/C22H16Cl2N6O/c23-17-7-6-13(10-18(17)24)8-9-25-22-26-11-15-19-16(12-27-29-19)21(31)30(20(15)28-22)14-4-2-1-3-5-14/h1-7,10-12H,8-9H2,(H,27,29)(H,25,26,28). The van der Waals surface area contributed by atoms with Crippen molar-refractivity contribution in [1.82, 2.24) is 24.7 Å². The van der Waals surface area contributed by atoms with Crippen LogP contribution in [0.1, 0.15) is 5.56 Å². The number of nitrogens with zero attached hydrogens (tertiary/aromatic N) is 4. The maximum absolute atomic E-state index is 13.2. The van der Waals surface area contributed by atoms with Crippen molar-refractivity contribution in [2.75, 3.05) is 11.9 Å². The molecule has 5 aromatic rings. The van der Waals surface area contributed by atoms with Gasteiger partial charge in [-0.15, -0.1) is 0 Å². The minimum Gasteiger partial charge on any atom is -0.354 e. The van der Waals surface area contributed by atoms with Crippen molar-refractivity contribution in [2.24, 2.45) is 0 Å². The molecule has 0 spiro atoms. The van der Waals surface area contributed by atoms with Crippen molar-refractivity contribution < 1.29 is 0 Å². The molecule has 0 aliphatic heterocycles. The summed E-state index contributed by atoms with van der Waals surface area (Å²) in [5.41, 5.74) is 2.70. The van der Waals surface area contributed by atoms with Crippen LogP contribution in [0, 0.1) is 0 Å². The van der Waals surface area contributed by atoms with Gasteiger partial charge in [-0.05, 0) is 36.2 Å². The van der Waals surface area contributed by atoms with Crippen molar-refractivity contribution in [1.29, 1.82) is 0 Å². The second-order valence-electron chi connectivity index (χ2n) is 6.99. The molecule has 5 rings (SSSR count). The molecular weight excluding hydrogens is 435 g/mol. The lowest BCUT2D eigenvalue weighted by Gasteiger charge is -2.12. The molecule has 2 aromatic carbocycles. The summed E-state index contributed by atoms with van der Waals surface area (Å²) in [6, 6.07) is 14.9. The van der Waals surface area contributed by atoms with Crippen LogP contribution in [0.2, 0.25) is 10.0 Å². The zero-order valence-electron chi connectivity index (χ0n) is 16.1. The van der Waals surface area contributed by atoms with E-state index in [1.165, 1.54) is 6.20 Å². The summed E-state index contributed by atoms with van der Waals surface area (Å²) in [4.78, 5) is 22.3. The minimum atomic E-state index is -0.192. The van der Waals surface area contributed by atoms with E-state index in [1.807, 2.05) is 42.5 Å². The number of rotatable bonds is 5. The van der Waals surface area contributed by atoms with Gasteiger partial charge in [0.15, 0.2) is 5.65 Å². The molecule has 31 heavy (non-hydrogen) atoms. The molecule has 3 aromatic heterocycles. The number of benzene rings is 2. The Balaban J connectivity index is 1.53. The highest BCUT2D eigenvalue weighted by atomic mass is 35.5. The summed E-state index contributed by atoms with van der Waals surface area (Å²) in [5.74, 6) is 0.426. The quantitative estimate of drug-likeness (QED) is 0.407. The second-order valence-corrected chi connectivity index (χ2v) is 7.81. The van der Waals surface area contributed by atoms with Gasteiger partial charge >= 0.3 is 0 Å². The van der Waals surface area contributed by atoms with Crippen LogP contribution in [-0.4, -0.2) is 31.3 Å². The second kappa shape index (κ2) is 8.02. The van der Waals surface area contributed by atoms with E-state index in [1.54, 1.807) is 16.8 Å². The van der Waals surface area contributed by atoms with Gasteiger partial charge in [-0.2, -0.15) is 10.1 Å². The average molecular weight is 451 g/mol. The number of H-pyrrole nitrogens is 1. The fraction of sp³-hybridized carbons (Fsp3) is 0.0909. The topological polar surface area (TPSA) is 88.5 Å². The SMILES string of the molecule is O=c1c2cn[nH]c2c2cnc(NCCc3ccc(Cl)c(Cl)c3)nc2n1-c1ccccc1. The first kappa shape index (κ1) is 19.5. The number of hydrogen-bond acceptors (Lipinski definition) is 5. The molecular formula is C22H16Cl2N6O. The Morgan fingerprint density at radius 1 is 1.00 bits per heavy atom. The van der Waals surface area contributed by atoms with Crippen LogP contribution >= 0.6 is 23.2 Å². The Morgan fingerprint density at radius 3 is 2.65 bits per heavy atom. The van der Waals surface area contributed by atoms with Crippen LogP contribution in [0.25, 0.3) is 27.6 Å². The Morgan fingerprint density at radius 2 is 1.84 bits per heavy atom.